The van der Waals surface area contributed by atoms with Crippen molar-refractivity contribution < 1.29 is 9.47 Å². The highest BCUT2D eigenvalue weighted by molar-refractivity contribution is 5.39. The molecule has 154 valence electrons. The van der Waals surface area contributed by atoms with E-state index in [0.717, 1.165) is 25.2 Å². The van der Waals surface area contributed by atoms with Crippen molar-refractivity contribution in [3.05, 3.63) is 12.7 Å². The molecule has 4 heterocycles. The van der Waals surface area contributed by atoms with E-state index in [2.05, 4.69) is 43.7 Å². The first-order valence-corrected chi connectivity index (χ1v) is 10.5. The van der Waals surface area contributed by atoms with E-state index in [1.165, 1.54) is 25.7 Å². The van der Waals surface area contributed by atoms with Crippen LogP contribution in [0.3, 0.4) is 0 Å². The molecule has 4 rings (SSSR count). The zero-order valence-corrected chi connectivity index (χ0v) is 17.0. The van der Waals surface area contributed by atoms with Gasteiger partial charge in [-0.05, 0) is 45.6 Å². The number of morpholine rings is 1. The second-order valence-electron chi connectivity index (χ2n) is 8.03. The summed E-state index contributed by atoms with van der Waals surface area (Å²) >= 11 is 0. The minimum Gasteiger partial charge on any atom is -0.464 e. The number of rotatable bonds is 7. The zero-order valence-electron chi connectivity index (χ0n) is 17.0. The quantitative estimate of drug-likeness (QED) is 0.711. The lowest BCUT2D eigenvalue weighted by atomic mass is 9.91. The summed E-state index contributed by atoms with van der Waals surface area (Å²) < 4.78 is 11.3. The first kappa shape index (κ1) is 19.4. The maximum atomic E-state index is 5.67. The van der Waals surface area contributed by atoms with Crippen LogP contribution in [0.15, 0.2) is 12.7 Å². The van der Waals surface area contributed by atoms with Crippen molar-refractivity contribution in [1.82, 2.24) is 19.9 Å². The van der Waals surface area contributed by atoms with E-state index >= 15 is 0 Å². The normalized spacial score (nSPS) is 30.3. The Kier molecular flexibility index (Phi) is 5.96. The van der Waals surface area contributed by atoms with Crippen LogP contribution in [0.5, 0.6) is 6.01 Å². The zero-order chi connectivity index (χ0) is 19.5. The van der Waals surface area contributed by atoms with Crippen LogP contribution < -0.4 is 15.0 Å². The fraction of sp³-hybridized carbons (Fsp3) is 0.750. The third-order valence-electron chi connectivity index (χ3n) is 6.26. The lowest BCUT2D eigenvalue weighted by Gasteiger charge is -2.36. The van der Waals surface area contributed by atoms with Crippen LogP contribution >= 0.6 is 0 Å². The molecule has 0 spiro atoms. The predicted octanol–water partition coefficient (Wildman–Crippen LogP) is 1.95. The Hall–Kier alpha value is -1.93. The average Bonchev–Trinajstić information content (AvgIpc) is 2.93. The van der Waals surface area contributed by atoms with Crippen molar-refractivity contribution >= 4 is 11.9 Å². The summed E-state index contributed by atoms with van der Waals surface area (Å²) in [4.78, 5) is 18.3. The summed E-state index contributed by atoms with van der Waals surface area (Å²) in [6, 6.07) is 1.85. The SMILES string of the molecule is C=CC1CN(c2nc(NCC3C[C@H]4CC[C@@H](C3)N4C)nc(OCC)n2)CCO1. The number of nitrogens with one attached hydrogen (secondary N) is 1. The molecule has 0 aromatic carbocycles. The van der Waals surface area contributed by atoms with Gasteiger partial charge in [-0.2, -0.15) is 15.0 Å². The smallest absolute Gasteiger partial charge is 0.323 e. The van der Waals surface area contributed by atoms with Crippen molar-refractivity contribution in [2.45, 2.75) is 50.8 Å². The molecule has 1 aromatic rings. The van der Waals surface area contributed by atoms with Crippen molar-refractivity contribution in [1.29, 1.82) is 0 Å². The van der Waals surface area contributed by atoms with Gasteiger partial charge in [-0.25, -0.2) is 0 Å². The van der Waals surface area contributed by atoms with Crippen molar-refractivity contribution in [2.24, 2.45) is 5.92 Å². The van der Waals surface area contributed by atoms with Gasteiger partial charge >= 0.3 is 6.01 Å². The van der Waals surface area contributed by atoms with E-state index in [0.29, 0.717) is 43.6 Å². The Morgan fingerprint density at radius 2 is 2.04 bits per heavy atom. The Morgan fingerprint density at radius 1 is 1.25 bits per heavy atom. The molecule has 4 atom stereocenters. The third kappa shape index (κ3) is 4.22. The summed E-state index contributed by atoms with van der Waals surface area (Å²) in [6.45, 7) is 9.27. The molecule has 8 heteroatoms. The Labute approximate surface area is 167 Å². The van der Waals surface area contributed by atoms with E-state index in [9.17, 15) is 0 Å². The number of aromatic nitrogens is 3. The summed E-state index contributed by atoms with van der Waals surface area (Å²) in [7, 11) is 2.28. The molecule has 0 radical (unpaired) electrons. The molecule has 1 N–H and O–H groups in total. The predicted molar refractivity (Wildman–Crippen MR) is 109 cm³/mol. The highest BCUT2D eigenvalue weighted by atomic mass is 16.5. The number of fused-ring (bicyclic) bond motifs is 2. The standard InChI is InChI=1S/C20H32N6O2/c1-4-17-13-26(8-9-28-17)19-22-18(23-20(24-19)27-5-2)21-12-14-10-15-6-7-16(11-14)25(15)3/h4,14-17H,1,5-13H2,2-3H3,(H,21,22,23,24)/t14?,15-,16+,17?. The lowest BCUT2D eigenvalue weighted by molar-refractivity contribution is 0.0712. The van der Waals surface area contributed by atoms with E-state index in [-0.39, 0.29) is 6.10 Å². The van der Waals surface area contributed by atoms with Gasteiger partial charge < -0.3 is 24.6 Å². The molecule has 3 aliphatic rings. The molecule has 1 aromatic heterocycles. The molecule has 3 saturated heterocycles. The van der Waals surface area contributed by atoms with Gasteiger partial charge in [0.2, 0.25) is 11.9 Å². The monoisotopic (exact) mass is 388 g/mol. The fourth-order valence-corrected chi connectivity index (χ4v) is 4.69. The topological polar surface area (TPSA) is 75.6 Å². The van der Waals surface area contributed by atoms with Gasteiger partial charge in [0.15, 0.2) is 0 Å². The van der Waals surface area contributed by atoms with Gasteiger partial charge in [0.05, 0.1) is 25.9 Å². The maximum Gasteiger partial charge on any atom is 0.323 e. The number of hydrogen-bond acceptors (Lipinski definition) is 8. The molecule has 0 saturated carbocycles. The highest BCUT2D eigenvalue weighted by Gasteiger charge is 2.38. The molecule has 3 aliphatic heterocycles. The Morgan fingerprint density at radius 3 is 2.75 bits per heavy atom. The van der Waals surface area contributed by atoms with Crippen LogP contribution in [0.25, 0.3) is 0 Å². The lowest BCUT2D eigenvalue weighted by Crippen LogP contribution is -2.42. The molecular weight excluding hydrogens is 356 g/mol. The molecule has 2 bridgehead atoms. The highest BCUT2D eigenvalue weighted by Crippen LogP contribution is 2.37. The molecule has 2 unspecified atom stereocenters. The maximum absolute atomic E-state index is 5.67. The summed E-state index contributed by atoms with van der Waals surface area (Å²) in [5.41, 5.74) is 0. The van der Waals surface area contributed by atoms with Gasteiger partial charge in [0.25, 0.3) is 0 Å². The number of nitrogens with zero attached hydrogens (tertiary/aromatic N) is 5. The molecular formula is C20H32N6O2. The Balaban J connectivity index is 1.44. The first-order chi connectivity index (χ1) is 13.7. The molecule has 28 heavy (non-hydrogen) atoms. The van der Waals surface area contributed by atoms with Crippen LogP contribution in [-0.2, 0) is 4.74 Å². The summed E-state index contributed by atoms with van der Waals surface area (Å²) in [5.74, 6) is 1.90. The minimum absolute atomic E-state index is 0.00725. The molecule has 0 amide bonds. The van der Waals surface area contributed by atoms with Crippen LogP contribution in [0.1, 0.15) is 32.6 Å². The molecule has 8 nitrogen and oxygen atoms in total. The fourth-order valence-electron chi connectivity index (χ4n) is 4.69. The number of anilines is 2. The van der Waals surface area contributed by atoms with Crippen molar-refractivity contribution in [3.63, 3.8) is 0 Å². The number of hydrogen-bond donors (Lipinski definition) is 1. The minimum atomic E-state index is -0.00725. The van der Waals surface area contributed by atoms with Gasteiger partial charge in [0, 0.05) is 25.2 Å². The van der Waals surface area contributed by atoms with Gasteiger partial charge in [-0.15, -0.1) is 6.58 Å². The van der Waals surface area contributed by atoms with Crippen LogP contribution in [0.4, 0.5) is 11.9 Å². The number of piperidine rings is 1. The largest absolute Gasteiger partial charge is 0.464 e. The Bertz CT molecular complexity index is 673. The van der Waals surface area contributed by atoms with Gasteiger partial charge in [-0.1, -0.05) is 6.08 Å². The second kappa shape index (κ2) is 8.61. The van der Waals surface area contributed by atoms with E-state index in [1.807, 2.05) is 13.0 Å². The van der Waals surface area contributed by atoms with Crippen molar-refractivity contribution in [3.8, 4) is 6.01 Å². The summed E-state index contributed by atoms with van der Waals surface area (Å²) in [5, 5.41) is 3.46. The average molecular weight is 389 g/mol. The van der Waals surface area contributed by atoms with Crippen LogP contribution in [0, 0.1) is 5.92 Å². The molecule has 3 fully saturated rings. The molecule has 0 aliphatic carbocycles. The number of ether oxygens (including phenoxy) is 2. The second-order valence-corrected chi connectivity index (χ2v) is 8.03. The van der Waals surface area contributed by atoms with Gasteiger partial charge in [0.1, 0.15) is 0 Å². The van der Waals surface area contributed by atoms with E-state index in [4.69, 9.17) is 9.47 Å². The van der Waals surface area contributed by atoms with Crippen molar-refractivity contribution in [2.75, 3.05) is 50.1 Å². The van der Waals surface area contributed by atoms with Gasteiger partial charge in [-0.3, -0.25) is 0 Å². The summed E-state index contributed by atoms with van der Waals surface area (Å²) in [6.07, 6.45) is 6.99. The first-order valence-electron chi connectivity index (χ1n) is 10.5. The van der Waals surface area contributed by atoms with Crippen LogP contribution in [-0.4, -0.2) is 77.9 Å². The van der Waals surface area contributed by atoms with E-state index in [1.54, 1.807) is 0 Å². The van der Waals surface area contributed by atoms with Crippen LogP contribution in [0.2, 0.25) is 0 Å². The third-order valence-corrected chi connectivity index (χ3v) is 6.26. The van der Waals surface area contributed by atoms with E-state index < -0.39 is 0 Å².